The van der Waals surface area contributed by atoms with Gasteiger partial charge in [0.25, 0.3) is 0 Å². The summed E-state index contributed by atoms with van der Waals surface area (Å²) in [7, 11) is 0. The van der Waals surface area contributed by atoms with Crippen LogP contribution >= 0.6 is 0 Å². The van der Waals surface area contributed by atoms with E-state index >= 15 is 0 Å². The highest BCUT2D eigenvalue weighted by atomic mass is 16.6. The number of rotatable bonds is 3. The number of hydrogen-bond donors (Lipinski definition) is 2. The van der Waals surface area contributed by atoms with E-state index in [-0.39, 0.29) is 17.9 Å². The van der Waals surface area contributed by atoms with E-state index in [1.54, 1.807) is 17.0 Å². The number of cyclic esters (lactones) is 1. The molecule has 0 spiro atoms. The number of nitrogens with one attached hydrogen (secondary N) is 1. The van der Waals surface area contributed by atoms with Gasteiger partial charge < -0.3 is 15.2 Å². The summed E-state index contributed by atoms with van der Waals surface area (Å²) in [6.45, 7) is 2.80. The molecule has 2 fully saturated rings. The Hall–Kier alpha value is -1.75. The standard InChI is InChI=1S/C14H18N2O3/c17-13-4-2-1-3-11(13)8-16-12(9-19-14(16)18)10-5-6-15-7-10/h1-4,10,12,15,17H,5-9H2. The zero-order valence-electron chi connectivity index (χ0n) is 10.7. The Morgan fingerprint density at radius 2 is 2.26 bits per heavy atom. The third-order valence-corrected chi connectivity index (χ3v) is 3.99. The van der Waals surface area contributed by atoms with Gasteiger partial charge in [-0.1, -0.05) is 18.2 Å². The second-order valence-corrected chi connectivity index (χ2v) is 5.15. The third-order valence-electron chi connectivity index (χ3n) is 3.99. The normalized spacial score (nSPS) is 26.7. The molecule has 5 nitrogen and oxygen atoms in total. The first kappa shape index (κ1) is 12.3. The molecule has 2 N–H and O–H groups in total. The number of amides is 1. The Labute approximate surface area is 112 Å². The Morgan fingerprint density at radius 1 is 1.42 bits per heavy atom. The highest BCUT2D eigenvalue weighted by molar-refractivity contribution is 5.70. The van der Waals surface area contributed by atoms with Crippen LogP contribution in [0.1, 0.15) is 12.0 Å². The van der Waals surface area contributed by atoms with Crippen molar-refractivity contribution < 1.29 is 14.6 Å². The fourth-order valence-electron chi connectivity index (χ4n) is 2.87. The van der Waals surface area contributed by atoms with Gasteiger partial charge in [0.15, 0.2) is 0 Å². The number of nitrogens with zero attached hydrogens (tertiary/aromatic N) is 1. The smallest absolute Gasteiger partial charge is 0.410 e. The van der Waals surface area contributed by atoms with Crippen LogP contribution in [0.3, 0.4) is 0 Å². The highest BCUT2D eigenvalue weighted by Crippen LogP contribution is 2.28. The van der Waals surface area contributed by atoms with Crippen molar-refractivity contribution in [2.24, 2.45) is 5.92 Å². The van der Waals surface area contributed by atoms with E-state index in [9.17, 15) is 9.90 Å². The number of phenols is 1. The van der Waals surface area contributed by atoms with E-state index in [0.717, 1.165) is 25.1 Å². The lowest BCUT2D eigenvalue weighted by Gasteiger charge is -2.26. The Kier molecular flexibility index (Phi) is 3.29. The van der Waals surface area contributed by atoms with E-state index in [4.69, 9.17) is 4.74 Å². The topological polar surface area (TPSA) is 61.8 Å². The molecular weight excluding hydrogens is 244 g/mol. The summed E-state index contributed by atoms with van der Waals surface area (Å²) in [6.07, 6.45) is 0.790. The molecule has 1 amide bonds. The summed E-state index contributed by atoms with van der Waals surface area (Å²) in [5.41, 5.74) is 0.761. The number of benzene rings is 1. The lowest BCUT2D eigenvalue weighted by atomic mass is 9.98. The molecule has 1 aromatic carbocycles. The maximum absolute atomic E-state index is 11.9. The van der Waals surface area contributed by atoms with Crippen LogP contribution in [-0.4, -0.2) is 41.8 Å². The van der Waals surface area contributed by atoms with Crippen molar-refractivity contribution in [1.29, 1.82) is 0 Å². The first-order valence-corrected chi connectivity index (χ1v) is 6.66. The molecule has 1 aromatic rings. The minimum absolute atomic E-state index is 0.113. The molecule has 2 saturated heterocycles. The van der Waals surface area contributed by atoms with Crippen LogP contribution in [0, 0.1) is 5.92 Å². The first-order valence-electron chi connectivity index (χ1n) is 6.66. The largest absolute Gasteiger partial charge is 0.508 e. The minimum Gasteiger partial charge on any atom is -0.508 e. The van der Waals surface area contributed by atoms with Crippen LogP contribution in [0.4, 0.5) is 4.79 Å². The molecule has 19 heavy (non-hydrogen) atoms. The van der Waals surface area contributed by atoms with Crippen LogP contribution < -0.4 is 5.32 Å². The van der Waals surface area contributed by atoms with Crippen molar-refractivity contribution in [2.75, 3.05) is 19.7 Å². The Morgan fingerprint density at radius 3 is 3.00 bits per heavy atom. The summed E-state index contributed by atoms with van der Waals surface area (Å²) in [4.78, 5) is 13.6. The molecule has 0 bridgehead atoms. The molecule has 0 saturated carbocycles. The van der Waals surface area contributed by atoms with Gasteiger partial charge in [0.1, 0.15) is 12.4 Å². The van der Waals surface area contributed by atoms with Crippen molar-refractivity contribution in [2.45, 2.75) is 19.0 Å². The molecule has 3 rings (SSSR count). The van der Waals surface area contributed by atoms with Gasteiger partial charge in [-0.15, -0.1) is 0 Å². The fourth-order valence-corrected chi connectivity index (χ4v) is 2.87. The van der Waals surface area contributed by atoms with Gasteiger partial charge in [-0.25, -0.2) is 4.79 Å². The van der Waals surface area contributed by atoms with E-state index in [0.29, 0.717) is 19.1 Å². The van der Waals surface area contributed by atoms with Crippen LogP contribution in [0.2, 0.25) is 0 Å². The van der Waals surface area contributed by atoms with E-state index in [1.807, 2.05) is 12.1 Å². The average molecular weight is 262 g/mol. The van der Waals surface area contributed by atoms with Crippen LogP contribution in [-0.2, 0) is 11.3 Å². The zero-order chi connectivity index (χ0) is 13.2. The molecule has 5 heteroatoms. The maximum atomic E-state index is 11.9. The summed E-state index contributed by atoms with van der Waals surface area (Å²) in [6, 6.07) is 7.23. The first-order chi connectivity index (χ1) is 9.25. The molecular formula is C14H18N2O3. The highest BCUT2D eigenvalue weighted by Gasteiger charge is 2.39. The lowest BCUT2D eigenvalue weighted by Crippen LogP contribution is -2.39. The molecule has 2 aliphatic heterocycles. The van der Waals surface area contributed by atoms with Crippen molar-refractivity contribution in [3.63, 3.8) is 0 Å². The van der Waals surface area contributed by atoms with Gasteiger partial charge >= 0.3 is 6.09 Å². The van der Waals surface area contributed by atoms with Crippen molar-refractivity contribution in [3.05, 3.63) is 29.8 Å². The van der Waals surface area contributed by atoms with Gasteiger partial charge in [0, 0.05) is 12.1 Å². The zero-order valence-corrected chi connectivity index (χ0v) is 10.7. The monoisotopic (exact) mass is 262 g/mol. The third kappa shape index (κ3) is 2.38. The average Bonchev–Trinajstić information content (AvgIpc) is 3.03. The summed E-state index contributed by atoms with van der Waals surface area (Å²) >= 11 is 0. The van der Waals surface area contributed by atoms with Crippen molar-refractivity contribution in [3.8, 4) is 5.75 Å². The van der Waals surface area contributed by atoms with Crippen LogP contribution in [0.5, 0.6) is 5.75 Å². The van der Waals surface area contributed by atoms with Gasteiger partial charge in [-0.3, -0.25) is 4.90 Å². The molecule has 2 heterocycles. The quantitative estimate of drug-likeness (QED) is 0.862. The molecule has 0 radical (unpaired) electrons. The van der Waals surface area contributed by atoms with Crippen molar-refractivity contribution in [1.82, 2.24) is 10.2 Å². The van der Waals surface area contributed by atoms with Crippen LogP contribution in [0.25, 0.3) is 0 Å². The number of aromatic hydroxyl groups is 1. The van der Waals surface area contributed by atoms with Gasteiger partial charge in [0.05, 0.1) is 12.6 Å². The number of phenolic OH excluding ortho intramolecular Hbond substituents is 1. The summed E-state index contributed by atoms with van der Waals surface area (Å²) in [5, 5.41) is 13.1. The predicted molar refractivity (Wildman–Crippen MR) is 69.8 cm³/mol. The van der Waals surface area contributed by atoms with Gasteiger partial charge in [-0.2, -0.15) is 0 Å². The van der Waals surface area contributed by atoms with E-state index in [1.165, 1.54) is 0 Å². The number of hydrogen-bond acceptors (Lipinski definition) is 4. The van der Waals surface area contributed by atoms with Gasteiger partial charge in [0.2, 0.25) is 0 Å². The summed E-state index contributed by atoms with van der Waals surface area (Å²) < 4.78 is 5.18. The molecule has 2 aliphatic rings. The lowest BCUT2D eigenvalue weighted by molar-refractivity contribution is 0.154. The van der Waals surface area contributed by atoms with E-state index < -0.39 is 0 Å². The molecule has 2 atom stereocenters. The fraction of sp³-hybridized carbons (Fsp3) is 0.500. The molecule has 102 valence electrons. The number of para-hydroxylation sites is 1. The molecule has 0 aliphatic carbocycles. The summed E-state index contributed by atoms with van der Waals surface area (Å²) in [5.74, 6) is 0.669. The van der Waals surface area contributed by atoms with E-state index in [2.05, 4.69) is 5.32 Å². The number of carbonyl (C=O) groups is 1. The minimum atomic E-state index is -0.278. The molecule has 0 aromatic heterocycles. The maximum Gasteiger partial charge on any atom is 0.410 e. The number of carbonyl (C=O) groups excluding carboxylic acids is 1. The van der Waals surface area contributed by atoms with Gasteiger partial charge in [-0.05, 0) is 24.9 Å². The predicted octanol–water partition coefficient (Wildman–Crippen LogP) is 1.32. The second kappa shape index (κ2) is 5.09. The second-order valence-electron chi connectivity index (χ2n) is 5.15. The Bertz CT molecular complexity index is 472. The SMILES string of the molecule is O=C1OCC(C2CCNC2)N1Cc1ccccc1O. The van der Waals surface area contributed by atoms with Crippen LogP contribution in [0.15, 0.2) is 24.3 Å². The Balaban J connectivity index is 1.77. The number of ether oxygens (including phenoxy) is 1. The molecule has 2 unspecified atom stereocenters. The van der Waals surface area contributed by atoms with Crippen molar-refractivity contribution >= 4 is 6.09 Å².